The number of ether oxygens (including phenoxy) is 3. The normalized spacial score (nSPS) is 11.0. The lowest BCUT2D eigenvalue weighted by atomic mass is 10.1. The van der Waals surface area contributed by atoms with Gasteiger partial charge in [-0.3, -0.25) is 9.10 Å². The molecule has 0 saturated carbocycles. The summed E-state index contributed by atoms with van der Waals surface area (Å²) in [6.07, 6.45) is 0. The van der Waals surface area contributed by atoms with Gasteiger partial charge in [0.1, 0.15) is 12.3 Å². The Morgan fingerprint density at radius 1 is 0.824 bits per heavy atom. The summed E-state index contributed by atoms with van der Waals surface area (Å²) in [5.41, 5.74) is 2.66. The highest BCUT2D eigenvalue weighted by molar-refractivity contribution is 7.92. The van der Waals surface area contributed by atoms with Crippen LogP contribution in [0.1, 0.15) is 11.1 Å². The number of sulfonamides is 1. The minimum Gasteiger partial charge on any atom is -0.497 e. The molecule has 0 fully saturated rings. The van der Waals surface area contributed by atoms with Crippen molar-refractivity contribution in [1.82, 2.24) is 0 Å². The van der Waals surface area contributed by atoms with Gasteiger partial charge in [0.05, 0.1) is 31.9 Å². The standard InChI is InChI=1S/C25H28N2O6S/c1-17-12-18(2)14-20(13-17)27(16-25(28)26-19-6-8-21(31-3)9-7-19)34(29,30)22-10-11-23(32-4)24(15-22)33-5/h6-15H,16H2,1-5H3,(H,26,28). The van der Waals surface area contributed by atoms with Gasteiger partial charge in [0.25, 0.3) is 10.0 Å². The number of carbonyl (C=O) groups excluding carboxylic acids is 1. The summed E-state index contributed by atoms with van der Waals surface area (Å²) >= 11 is 0. The van der Waals surface area contributed by atoms with E-state index in [1.165, 1.54) is 32.4 Å². The number of hydrogen-bond donors (Lipinski definition) is 1. The maximum Gasteiger partial charge on any atom is 0.264 e. The number of nitrogens with zero attached hydrogens (tertiary/aromatic N) is 1. The molecule has 3 aromatic rings. The molecule has 180 valence electrons. The van der Waals surface area contributed by atoms with Gasteiger partial charge in [0.15, 0.2) is 11.5 Å². The van der Waals surface area contributed by atoms with E-state index < -0.39 is 22.5 Å². The molecule has 1 amide bonds. The molecule has 8 nitrogen and oxygen atoms in total. The Morgan fingerprint density at radius 2 is 1.44 bits per heavy atom. The third-order valence-corrected chi connectivity index (χ3v) is 6.87. The Kier molecular flexibility index (Phi) is 7.68. The Bertz CT molecular complexity index is 1250. The maximum atomic E-state index is 13.7. The van der Waals surface area contributed by atoms with E-state index in [1.54, 1.807) is 43.5 Å². The molecule has 0 aromatic heterocycles. The molecule has 3 aromatic carbocycles. The third kappa shape index (κ3) is 5.60. The SMILES string of the molecule is COc1ccc(NC(=O)CN(c2cc(C)cc(C)c2)S(=O)(=O)c2ccc(OC)c(OC)c2)cc1. The molecule has 9 heteroatoms. The molecule has 0 aliphatic heterocycles. The summed E-state index contributed by atoms with van der Waals surface area (Å²) in [5, 5.41) is 2.74. The van der Waals surface area contributed by atoms with E-state index in [-0.39, 0.29) is 10.6 Å². The van der Waals surface area contributed by atoms with Gasteiger partial charge in [-0.25, -0.2) is 8.42 Å². The van der Waals surface area contributed by atoms with Gasteiger partial charge in [0, 0.05) is 11.8 Å². The Hall–Kier alpha value is -3.72. The minimum atomic E-state index is -4.13. The Balaban J connectivity index is 2.00. The van der Waals surface area contributed by atoms with Gasteiger partial charge in [-0.1, -0.05) is 6.07 Å². The van der Waals surface area contributed by atoms with Gasteiger partial charge in [-0.15, -0.1) is 0 Å². The van der Waals surface area contributed by atoms with Gasteiger partial charge >= 0.3 is 0 Å². The third-order valence-electron chi connectivity index (χ3n) is 5.10. The maximum absolute atomic E-state index is 13.7. The first kappa shape index (κ1) is 24.9. The van der Waals surface area contributed by atoms with E-state index in [0.717, 1.165) is 15.4 Å². The average Bonchev–Trinajstić information content (AvgIpc) is 2.81. The number of anilines is 2. The number of hydrogen-bond acceptors (Lipinski definition) is 6. The van der Waals surface area contributed by atoms with Crippen molar-refractivity contribution in [3.8, 4) is 17.2 Å². The second-order valence-electron chi connectivity index (χ2n) is 7.65. The lowest BCUT2D eigenvalue weighted by Gasteiger charge is -2.25. The predicted octanol–water partition coefficient (Wildman–Crippen LogP) is 4.16. The first-order valence-electron chi connectivity index (χ1n) is 10.4. The highest BCUT2D eigenvalue weighted by atomic mass is 32.2. The number of amides is 1. The topological polar surface area (TPSA) is 94.2 Å². The number of carbonyl (C=O) groups is 1. The smallest absolute Gasteiger partial charge is 0.264 e. The zero-order valence-electron chi connectivity index (χ0n) is 19.8. The second kappa shape index (κ2) is 10.5. The van der Waals surface area contributed by atoms with E-state index in [0.29, 0.717) is 22.9 Å². The van der Waals surface area contributed by atoms with Crippen LogP contribution in [-0.4, -0.2) is 42.2 Å². The van der Waals surface area contributed by atoms with Crippen LogP contribution in [0.3, 0.4) is 0 Å². The molecule has 0 atom stereocenters. The van der Waals surface area contributed by atoms with Gasteiger partial charge in [0.2, 0.25) is 5.91 Å². The van der Waals surface area contributed by atoms with Crippen molar-refractivity contribution in [3.05, 3.63) is 71.8 Å². The molecule has 3 rings (SSSR count). The van der Waals surface area contributed by atoms with Crippen LogP contribution in [0.5, 0.6) is 17.2 Å². The van der Waals surface area contributed by atoms with Crippen LogP contribution >= 0.6 is 0 Å². The number of nitrogens with one attached hydrogen (secondary N) is 1. The van der Waals surface area contributed by atoms with E-state index >= 15 is 0 Å². The van der Waals surface area contributed by atoms with Crippen molar-refractivity contribution in [2.75, 3.05) is 37.5 Å². The minimum absolute atomic E-state index is 0.0263. The first-order chi connectivity index (χ1) is 16.2. The molecular weight excluding hydrogens is 456 g/mol. The monoisotopic (exact) mass is 484 g/mol. The van der Waals surface area contributed by atoms with Crippen molar-refractivity contribution in [3.63, 3.8) is 0 Å². The fourth-order valence-corrected chi connectivity index (χ4v) is 4.94. The number of benzene rings is 3. The molecule has 0 heterocycles. The predicted molar refractivity (Wildman–Crippen MR) is 132 cm³/mol. The number of rotatable bonds is 9. The van der Waals surface area contributed by atoms with Gasteiger partial charge in [-0.05, 0) is 73.5 Å². The van der Waals surface area contributed by atoms with Crippen molar-refractivity contribution in [1.29, 1.82) is 0 Å². The molecule has 0 unspecified atom stereocenters. The lowest BCUT2D eigenvalue weighted by Crippen LogP contribution is -2.38. The second-order valence-corrected chi connectivity index (χ2v) is 9.51. The molecule has 0 aliphatic carbocycles. The summed E-state index contributed by atoms with van der Waals surface area (Å²) in [4.78, 5) is 12.9. The van der Waals surface area contributed by atoms with Gasteiger partial charge < -0.3 is 19.5 Å². The van der Waals surface area contributed by atoms with Crippen LogP contribution in [0.25, 0.3) is 0 Å². The van der Waals surface area contributed by atoms with Crippen LogP contribution in [0.2, 0.25) is 0 Å². The van der Waals surface area contributed by atoms with Crippen molar-refractivity contribution in [2.45, 2.75) is 18.7 Å². The number of methoxy groups -OCH3 is 3. The van der Waals surface area contributed by atoms with Gasteiger partial charge in [-0.2, -0.15) is 0 Å². The summed E-state index contributed by atoms with van der Waals surface area (Å²) in [6.45, 7) is 3.32. The molecular formula is C25H28N2O6S. The van der Waals surface area contributed by atoms with Crippen molar-refractivity contribution in [2.24, 2.45) is 0 Å². The van der Waals surface area contributed by atoms with E-state index in [1.807, 2.05) is 19.9 Å². The number of aryl methyl sites for hydroxylation is 2. The molecule has 0 bridgehead atoms. The molecule has 0 aliphatic rings. The van der Waals surface area contributed by atoms with Crippen LogP contribution < -0.4 is 23.8 Å². The summed E-state index contributed by atoms with van der Waals surface area (Å²) < 4.78 is 44.2. The lowest BCUT2D eigenvalue weighted by molar-refractivity contribution is -0.114. The molecule has 34 heavy (non-hydrogen) atoms. The largest absolute Gasteiger partial charge is 0.497 e. The van der Waals surface area contributed by atoms with E-state index in [9.17, 15) is 13.2 Å². The molecule has 0 saturated heterocycles. The average molecular weight is 485 g/mol. The Morgan fingerprint density at radius 3 is 2.00 bits per heavy atom. The van der Waals surface area contributed by atoms with E-state index in [2.05, 4.69) is 5.32 Å². The fourth-order valence-electron chi connectivity index (χ4n) is 3.52. The van der Waals surface area contributed by atoms with Crippen LogP contribution in [0.4, 0.5) is 11.4 Å². The van der Waals surface area contributed by atoms with E-state index in [4.69, 9.17) is 14.2 Å². The van der Waals surface area contributed by atoms with Crippen molar-refractivity contribution < 1.29 is 27.4 Å². The summed E-state index contributed by atoms with van der Waals surface area (Å²) in [7, 11) is 0.322. The molecule has 0 spiro atoms. The first-order valence-corrected chi connectivity index (χ1v) is 11.9. The van der Waals surface area contributed by atoms with Crippen LogP contribution in [0.15, 0.2) is 65.6 Å². The fraction of sp³-hybridized carbons (Fsp3) is 0.240. The highest BCUT2D eigenvalue weighted by Crippen LogP contribution is 2.32. The van der Waals surface area contributed by atoms with Crippen LogP contribution in [-0.2, 0) is 14.8 Å². The molecule has 1 N–H and O–H groups in total. The summed E-state index contributed by atoms with van der Waals surface area (Å²) in [6, 6.07) is 16.5. The van der Waals surface area contributed by atoms with Crippen LogP contribution in [0, 0.1) is 13.8 Å². The quantitative estimate of drug-likeness (QED) is 0.490. The Labute approximate surface area is 200 Å². The molecule has 0 radical (unpaired) electrons. The summed E-state index contributed by atoms with van der Waals surface area (Å²) in [5.74, 6) is 0.822. The zero-order chi connectivity index (χ0) is 24.9. The highest BCUT2D eigenvalue weighted by Gasteiger charge is 2.28. The van der Waals surface area contributed by atoms with Crippen molar-refractivity contribution >= 4 is 27.3 Å². The zero-order valence-corrected chi connectivity index (χ0v) is 20.6.